The monoisotopic (exact) mass is 287 g/mol. The molecule has 0 aromatic carbocycles. The van der Waals surface area contributed by atoms with Gasteiger partial charge in [0.05, 0.1) is 5.69 Å². The van der Waals surface area contributed by atoms with Gasteiger partial charge in [-0.15, -0.1) is 11.3 Å². The highest BCUT2D eigenvalue weighted by Gasteiger charge is 2.23. The van der Waals surface area contributed by atoms with E-state index in [1.807, 2.05) is 30.9 Å². The Labute approximate surface area is 121 Å². The maximum absolute atomic E-state index is 12.6. The van der Waals surface area contributed by atoms with Gasteiger partial charge in [-0.25, -0.2) is 0 Å². The lowest BCUT2D eigenvalue weighted by atomic mass is 10.1. The number of hydrogen-bond acceptors (Lipinski definition) is 4. The zero-order valence-corrected chi connectivity index (χ0v) is 12.5. The van der Waals surface area contributed by atoms with Crippen LogP contribution in [0.25, 0.3) is 10.1 Å². The van der Waals surface area contributed by atoms with E-state index >= 15 is 0 Å². The van der Waals surface area contributed by atoms with E-state index in [4.69, 9.17) is 5.73 Å². The first-order valence-electron chi connectivity index (χ1n) is 6.68. The maximum Gasteiger partial charge on any atom is 0.266 e. The number of aromatic nitrogens is 1. The number of hydrogen-bond donors (Lipinski definition) is 1. The van der Waals surface area contributed by atoms with Crippen LogP contribution in [-0.2, 0) is 0 Å². The van der Waals surface area contributed by atoms with Crippen molar-refractivity contribution in [1.29, 1.82) is 0 Å². The van der Waals surface area contributed by atoms with E-state index in [0.29, 0.717) is 17.1 Å². The molecule has 20 heavy (non-hydrogen) atoms. The van der Waals surface area contributed by atoms with Crippen LogP contribution in [0.2, 0.25) is 0 Å². The first kappa shape index (κ1) is 13.1. The lowest BCUT2D eigenvalue weighted by Crippen LogP contribution is -2.33. The van der Waals surface area contributed by atoms with E-state index in [1.165, 1.54) is 11.3 Å². The molecule has 0 spiro atoms. The van der Waals surface area contributed by atoms with E-state index in [9.17, 15) is 4.79 Å². The summed E-state index contributed by atoms with van der Waals surface area (Å²) in [5.41, 5.74) is 8.63. The molecule has 1 aliphatic rings. The van der Waals surface area contributed by atoms with Crippen LogP contribution in [-0.4, -0.2) is 28.9 Å². The molecule has 1 aliphatic heterocycles. The van der Waals surface area contributed by atoms with Crippen molar-refractivity contribution in [1.82, 2.24) is 9.88 Å². The summed E-state index contributed by atoms with van der Waals surface area (Å²) < 4.78 is 1.04. The van der Waals surface area contributed by atoms with Crippen LogP contribution < -0.4 is 5.73 Å². The van der Waals surface area contributed by atoms with E-state index in [1.54, 1.807) is 0 Å². The third-order valence-electron chi connectivity index (χ3n) is 3.56. The molecule has 0 atom stereocenters. The lowest BCUT2D eigenvalue weighted by Gasteiger charge is -2.22. The largest absolute Gasteiger partial charge is 0.397 e. The Kier molecular flexibility index (Phi) is 3.22. The van der Waals surface area contributed by atoms with Crippen molar-refractivity contribution in [3.05, 3.63) is 34.5 Å². The Balaban J connectivity index is 2.08. The lowest BCUT2D eigenvalue weighted by molar-refractivity contribution is 0.0777. The van der Waals surface area contributed by atoms with Crippen LogP contribution in [0.1, 0.15) is 27.5 Å². The summed E-state index contributed by atoms with van der Waals surface area (Å²) in [4.78, 5) is 19.5. The van der Waals surface area contributed by atoms with Gasteiger partial charge in [0.1, 0.15) is 4.88 Å². The Morgan fingerprint density at radius 2 is 2.20 bits per heavy atom. The predicted molar refractivity (Wildman–Crippen MR) is 83.2 cm³/mol. The summed E-state index contributed by atoms with van der Waals surface area (Å²) in [7, 11) is 0. The normalized spacial score (nSPS) is 15.0. The van der Waals surface area contributed by atoms with Gasteiger partial charge >= 0.3 is 0 Å². The molecule has 4 nitrogen and oxygen atoms in total. The highest BCUT2D eigenvalue weighted by molar-refractivity contribution is 7.21. The maximum atomic E-state index is 12.6. The molecule has 0 saturated carbocycles. The molecule has 0 radical (unpaired) electrons. The molecular weight excluding hydrogens is 270 g/mol. The van der Waals surface area contributed by atoms with E-state index in [0.717, 1.165) is 34.4 Å². The molecule has 5 heteroatoms. The third kappa shape index (κ3) is 2.08. The summed E-state index contributed by atoms with van der Waals surface area (Å²) in [5.74, 6) is 0.0325. The fraction of sp³-hybridized carbons (Fsp3) is 0.333. The minimum Gasteiger partial charge on any atom is -0.397 e. The summed E-state index contributed by atoms with van der Waals surface area (Å²) in [6.07, 6.45) is 5.05. The first-order valence-corrected chi connectivity index (χ1v) is 7.50. The number of nitrogen functional groups attached to an aromatic ring is 1. The summed E-state index contributed by atoms with van der Waals surface area (Å²) in [6, 6.07) is 2.00. The zero-order chi connectivity index (χ0) is 14.3. The van der Waals surface area contributed by atoms with Gasteiger partial charge in [0.2, 0.25) is 0 Å². The number of nitrogens with two attached hydrogens (primary N) is 1. The molecule has 0 bridgehead atoms. The highest BCUT2D eigenvalue weighted by atomic mass is 32.1. The van der Waals surface area contributed by atoms with Gasteiger partial charge in [0.15, 0.2) is 0 Å². The van der Waals surface area contributed by atoms with Crippen LogP contribution in [0.15, 0.2) is 18.2 Å². The highest BCUT2D eigenvalue weighted by Crippen LogP contribution is 2.36. The standard InChI is InChI=1S/C15H17N3OS/c1-9-8-11-12(10(2)17-9)13(16)14(20-11)15(19)18-6-4-3-5-7-18/h3-4,8H,5-7,16H2,1-2H3. The van der Waals surface area contributed by atoms with Gasteiger partial charge < -0.3 is 10.6 Å². The number of carbonyl (C=O) groups excluding carboxylic acids is 1. The van der Waals surface area contributed by atoms with Gasteiger partial charge in [0, 0.05) is 34.6 Å². The number of carbonyl (C=O) groups is 1. The first-order chi connectivity index (χ1) is 9.58. The summed E-state index contributed by atoms with van der Waals surface area (Å²) in [5, 5.41) is 0.927. The number of aryl methyl sites for hydroxylation is 2. The predicted octanol–water partition coefficient (Wildman–Crippen LogP) is 2.90. The molecule has 3 heterocycles. The molecule has 2 aromatic heterocycles. The van der Waals surface area contributed by atoms with Crippen molar-refractivity contribution in [2.45, 2.75) is 20.3 Å². The Bertz CT molecular complexity index is 717. The Hall–Kier alpha value is -1.88. The van der Waals surface area contributed by atoms with Gasteiger partial charge in [-0.3, -0.25) is 9.78 Å². The number of amides is 1. The van der Waals surface area contributed by atoms with Crippen LogP contribution >= 0.6 is 11.3 Å². The molecule has 0 aliphatic carbocycles. The average molecular weight is 287 g/mol. The Morgan fingerprint density at radius 3 is 2.90 bits per heavy atom. The van der Waals surface area contributed by atoms with Crippen molar-refractivity contribution in [2.24, 2.45) is 0 Å². The molecule has 104 valence electrons. The fourth-order valence-electron chi connectivity index (χ4n) is 2.61. The molecule has 2 N–H and O–H groups in total. The molecule has 1 amide bonds. The van der Waals surface area contributed by atoms with E-state index < -0.39 is 0 Å². The summed E-state index contributed by atoms with van der Waals surface area (Å²) >= 11 is 1.47. The van der Waals surface area contributed by atoms with Gasteiger partial charge in [0.25, 0.3) is 5.91 Å². The van der Waals surface area contributed by atoms with Crippen LogP contribution in [0.3, 0.4) is 0 Å². The second kappa shape index (κ2) is 4.90. The molecule has 0 saturated heterocycles. The van der Waals surface area contributed by atoms with Crippen molar-refractivity contribution in [2.75, 3.05) is 18.8 Å². The average Bonchev–Trinajstić information content (AvgIpc) is 2.76. The smallest absolute Gasteiger partial charge is 0.266 e. The third-order valence-corrected chi connectivity index (χ3v) is 4.70. The SMILES string of the molecule is Cc1cc2sc(C(=O)N3CC=CCC3)c(N)c2c(C)n1. The number of thiophene rings is 1. The van der Waals surface area contributed by atoms with Gasteiger partial charge in [-0.05, 0) is 26.3 Å². The van der Waals surface area contributed by atoms with Crippen molar-refractivity contribution in [3.8, 4) is 0 Å². The molecular formula is C15H17N3OS. The minimum atomic E-state index is 0.0325. The molecule has 3 rings (SSSR count). The van der Waals surface area contributed by atoms with E-state index in [2.05, 4.69) is 11.1 Å². The minimum absolute atomic E-state index is 0.0325. The second-order valence-electron chi connectivity index (χ2n) is 5.08. The topological polar surface area (TPSA) is 59.2 Å². The van der Waals surface area contributed by atoms with Crippen molar-refractivity contribution >= 4 is 33.0 Å². The molecule has 2 aromatic rings. The summed E-state index contributed by atoms with van der Waals surface area (Å²) in [6.45, 7) is 5.33. The molecule has 0 unspecified atom stereocenters. The van der Waals surface area contributed by atoms with Crippen LogP contribution in [0.5, 0.6) is 0 Å². The number of pyridine rings is 1. The number of nitrogens with zero attached hydrogens (tertiary/aromatic N) is 2. The fourth-order valence-corrected chi connectivity index (χ4v) is 3.85. The second-order valence-corrected chi connectivity index (χ2v) is 6.13. The zero-order valence-electron chi connectivity index (χ0n) is 11.6. The number of rotatable bonds is 1. The Morgan fingerprint density at radius 1 is 1.40 bits per heavy atom. The van der Waals surface area contributed by atoms with Gasteiger partial charge in [-0.1, -0.05) is 12.2 Å². The van der Waals surface area contributed by atoms with E-state index in [-0.39, 0.29) is 5.91 Å². The van der Waals surface area contributed by atoms with Crippen molar-refractivity contribution in [3.63, 3.8) is 0 Å². The van der Waals surface area contributed by atoms with Crippen LogP contribution in [0.4, 0.5) is 5.69 Å². The number of fused-ring (bicyclic) bond motifs is 1. The molecule has 0 fully saturated rings. The van der Waals surface area contributed by atoms with Crippen LogP contribution in [0, 0.1) is 13.8 Å². The van der Waals surface area contributed by atoms with Crippen molar-refractivity contribution < 1.29 is 4.79 Å². The number of anilines is 1. The quantitative estimate of drug-likeness (QED) is 0.820. The van der Waals surface area contributed by atoms with Gasteiger partial charge in [-0.2, -0.15) is 0 Å².